The quantitative estimate of drug-likeness (QED) is 0.807. The third-order valence-electron chi connectivity index (χ3n) is 3.16. The van der Waals surface area contributed by atoms with Crippen molar-refractivity contribution in [2.24, 2.45) is 5.92 Å². The molecule has 1 aliphatic rings. The average molecular weight is 242 g/mol. The Morgan fingerprint density at radius 1 is 1.35 bits per heavy atom. The first-order chi connectivity index (χ1) is 7.92. The molecule has 0 aromatic rings. The van der Waals surface area contributed by atoms with Crippen LogP contribution >= 0.6 is 0 Å². The minimum Gasteiger partial charge on any atom is -0.375 e. The van der Waals surface area contributed by atoms with Crippen molar-refractivity contribution in [1.82, 2.24) is 10.2 Å². The predicted molar refractivity (Wildman–Crippen MR) is 68.9 cm³/mol. The van der Waals surface area contributed by atoms with Gasteiger partial charge in [-0.15, -0.1) is 0 Å². The summed E-state index contributed by atoms with van der Waals surface area (Å²) in [6, 6.07) is 0. The third kappa shape index (κ3) is 5.50. The molecule has 1 fully saturated rings. The van der Waals surface area contributed by atoms with E-state index in [-0.39, 0.29) is 18.1 Å². The van der Waals surface area contributed by atoms with Gasteiger partial charge < -0.3 is 15.0 Å². The van der Waals surface area contributed by atoms with Gasteiger partial charge in [-0.05, 0) is 46.1 Å². The van der Waals surface area contributed by atoms with E-state index in [4.69, 9.17) is 4.74 Å². The molecule has 1 aliphatic heterocycles. The van der Waals surface area contributed by atoms with E-state index in [0.717, 1.165) is 32.5 Å². The first kappa shape index (κ1) is 14.5. The fourth-order valence-corrected chi connectivity index (χ4v) is 2.05. The number of nitrogens with one attached hydrogen (secondary N) is 1. The molecule has 0 aromatic carbocycles. The third-order valence-corrected chi connectivity index (χ3v) is 3.16. The highest BCUT2D eigenvalue weighted by Crippen LogP contribution is 2.17. The minimum atomic E-state index is 0.120. The topological polar surface area (TPSA) is 41.6 Å². The largest absolute Gasteiger partial charge is 0.375 e. The molecule has 0 bridgehead atoms. The van der Waals surface area contributed by atoms with Crippen LogP contribution in [-0.4, -0.2) is 49.7 Å². The van der Waals surface area contributed by atoms with Crippen LogP contribution in [0.1, 0.15) is 33.6 Å². The van der Waals surface area contributed by atoms with E-state index in [2.05, 4.69) is 26.1 Å². The van der Waals surface area contributed by atoms with E-state index >= 15 is 0 Å². The number of ether oxygens (including phenoxy) is 1. The van der Waals surface area contributed by atoms with Crippen LogP contribution < -0.4 is 5.32 Å². The number of likely N-dealkylation sites (tertiary alicyclic amines) is 1. The number of rotatable bonds is 4. The second-order valence-electron chi connectivity index (χ2n) is 5.89. The zero-order chi connectivity index (χ0) is 12.9. The maximum atomic E-state index is 11.6. The lowest BCUT2D eigenvalue weighted by Gasteiger charge is -2.33. The van der Waals surface area contributed by atoms with Crippen LogP contribution in [0.4, 0.5) is 0 Å². The van der Waals surface area contributed by atoms with Gasteiger partial charge in [-0.1, -0.05) is 0 Å². The second-order valence-corrected chi connectivity index (χ2v) is 5.89. The number of methoxy groups -OCH3 is 1. The SMILES string of the molecule is COCC(=O)N1CCC(CNC(C)(C)C)CC1. The lowest BCUT2D eigenvalue weighted by Crippen LogP contribution is -2.45. The monoisotopic (exact) mass is 242 g/mol. The van der Waals surface area contributed by atoms with Crippen LogP contribution in [0, 0.1) is 5.92 Å². The molecule has 0 atom stereocenters. The number of hydrogen-bond donors (Lipinski definition) is 1. The van der Waals surface area contributed by atoms with Crippen LogP contribution in [0.25, 0.3) is 0 Å². The van der Waals surface area contributed by atoms with E-state index in [1.807, 2.05) is 4.90 Å². The van der Waals surface area contributed by atoms with Gasteiger partial charge in [-0.2, -0.15) is 0 Å². The summed E-state index contributed by atoms with van der Waals surface area (Å²) >= 11 is 0. The molecule has 0 unspecified atom stereocenters. The maximum absolute atomic E-state index is 11.6. The molecule has 0 saturated carbocycles. The standard InChI is InChI=1S/C13H26N2O2/c1-13(2,3)14-9-11-5-7-15(8-6-11)12(16)10-17-4/h11,14H,5-10H2,1-4H3. The Morgan fingerprint density at radius 2 is 1.94 bits per heavy atom. The highest BCUT2D eigenvalue weighted by atomic mass is 16.5. The smallest absolute Gasteiger partial charge is 0.248 e. The van der Waals surface area contributed by atoms with E-state index < -0.39 is 0 Å². The molecule has 0 spiro atoms. The summed E-state index contributed by atoms with van der Waals surface area (Å²) in [5.74, 6) is 0.815. The molecule has 4 heteroatoms. The first-order valence-corrected chi connectivity index (χ1v) is 6.44. The van der Waals surface area contributed by atoms with E-state index in [1.165, 1.54) is 0 Å². The van der Waals surface area contributed by atoms with E-state index in [0.29, 0.717) is 5.92 Å². The fourth-order valence-electron chi connectivity index (χ4n) is 2.05. The molecule has 4 nitrogen and oxygen atoms in total. The maximum Gasteiger partial charge on any atom is 0.248 e. The average Bonchev–Trinajstić information content (AvgIpc) is 2.26. The summed E-state index contributed by atoms with van der Waals surface area (Å²) in [7, 11) is 1.57. The number of nitrogens with zero attached hydrogens (tertiary/aromatic N) is 1. The number of piperidine rings is 1. The molecule has 1 N–H and O–H groups in total. The minimum absolute atomic E-state index is 0.120. The van der Waals surface area contributed by atoms with Gasteiger partial charge in [-0.25, -0.2) is 0 Å². The molecule has 0 aromatic heterocycles. The molecule has 17 heavy (non-hydrogen) atoms. The van der Waals surface area contributed by atoms with Crippen LogP contribution in [-0.2, 0) is 9.53 Å². The normalized spacial score (nSPS) is 18.5. The molecular weight excluding hydrogens is 216 g/mol. The number of amides is 1. The lowest BCUT2D eigenvalue weighted by atomic mass is 9.95. The van der Waals surface area contributed by atoms with Crippen molar-refractivity contribution in [3.05, 3.63) is 0 Å². The summed E-state index contributed by atoms with van der Waals surface area (Å²) < 4.78 is 4.87. The van der Waals surface area contributed by atoms with Crippen molar-refractivity contribution in [2.45, 2.75) is 39.2 Å². The molecule has 1 heterocycles. The summed E-state index contributed by atoms with van der Waals surface area (Å²) in [6.07, 6.45) is 2.19. The van der Waals surface area contributed by atoms with Gasteiger partial charge in [0, 0.05) is 25.7 Å². The molecule has 100 valence electrons. The van der Waals surface area contributed by atoms with Crippen LogP contribution in [0.15, 0.2) is 0 Å². The van der Waals surface area contributed by atoms with Gasteiger partial charge in [0.1, 0.15) is 6.61 Å². The van der Waals surface area contributed by atoms with Crippen molar-refractivity contribution < 1.29 is 9.53 Å². The molecule has 1 saturated heterocycles. The summed E-state index contributed by atoms with van der Waals surface area (Å²) in [5.41, 5.74) is 0.184. The summed E-state index contributed by atoms with van der Waals surface area (Å²) in [5, 5.41) is 3.53. The fraction of sp³-hybridized carbons (Fsp3) is 0.923. The molecule has 1 rings (SSSR count). The Kier molecular flexibility index (Phi) is 5.40. The Balaban J connectivity index is 2.24. The summed E-state index contributed by atoms with van der Waals surface area (Å²) in [4.78, 5) is 13.5. The van der Waals surface area contributed by atoms with Crippen molar-refractivity contribution in [1.29, 1.82) is 0 Å². The van der Waals surface area contributed by atoms with Crippen molar-refractivity contribution >= 4 is 5.91 Å². The lowest BCUT2D eigenvalue weighted by molar-refractivity contribution is -0.136. The molecule has 1 amide bonds. The highest BCUT2D eigenvalue weighted by Gasteiger charge is 2.23. The van der Waals surface area contributed by atoms with Crippen LogP contribution in [0.5, 0.6) is 0 Å². The van der Waals surface area contributed by atoms with E-state index in [1.54, 1.807) is 7.11 Å². The van der Waals surface area contributed by atoms with Crippen molar-refractivity contribution in [3.8, 4) is 0 Å². The van der Waals surface area contributed by atoms with Gasteiger partial charge in [-0.3, -0.25) is 4.79 Å². The Hall–Kier alpha value is -0.610. The molecular formula is C13H26N2O2. The Morgan fingerprint density at radius 3 is 2.41 bits per heavy atom. The van der Waals surface area contributed by atoms with Gasteiger partial charge in [0.25, 0.3) is 0 Å². The summed E-state index contributed by atoms with van der Waals surface area (Å²) in [6.45, 7) is 9.57. The Bertz CT molecular complexity index is 240. The highest BCUT2D eigenvalue weighted by molar-refractivity contribution is 5.77. The van der Waals surface area contributed by atoms with Crippen molar-refractivity contribution in [3.63, 3.8) is 0 Å². The van der Waals surface area contributed by atoms with Gasteiger partial charge in [0.05, 0.1) is 0 Å². The van der Waals surface area contributed by atoms with E-state index in [9.17, 15) is 4.79 Å². The van der Waals surface area contributed by atoms with Crippen molar-refractivity contribution in [2.75, 3.05) is 33.4 Å². The van der Waals surface area contributed by atoms with Gasteiger partial charge in [0.15, 0.2) is 0 Å². The first-order valence-electron chi connectivity index (χ1n) is 6.44. The van der Waals surface area contributed by atoms with Gasteiger partial charge >= 0.3 is 0 Å². The zero-order valence-corrected chi connectivity index (χ0v) is 11.6. The van der Waals surface area contributed by atoms with Gasteiger partial charge in [0.2, 0.25) is 5.91 Å². The van der Waals surface area contributed by atoms with Crippen LogP contribution in [0.3, 0.4) is 0 Å². The number of carbonyl (C=O) groups excluding carboxylic acids is 1. The van der Waals surface area contributed by atoms with Crippen LogP contribution in [0.2, 0.25) is 0 Å². The second kappa shape index (κ2) is 6.36. The zero-order valence-electron chi connectivity index (χ0n) is 11.6. The number of hydrogen-bond acceptors (Lipinski definition) is 3. The predicted octanol–water partition coefficient (Wildman–Crippen LogP) is 1.26. The molecule has 0 radical (unpaired) electrons. The number of carbonyl (C=O) groups is 1. The Labute approximate surface area is 105 Å². The molecule has 0 aliphatic carbocycles.